The highest BCUT2D eigenvalue weighted by Crippen LogP contribution is 2.30. The molecule has 5 heteroatoms. The van der Waals surface area contributed by atoms with Gasteiger partial charge in [0.05, 0.1) is 0 Å². The van der Waals surface area contributed by atoms with Gasteiger partial charge in [-0.15, -0.1) is 0 Å². The second-order valence-corrected chi connectivity index (χ2v) is 5.01. The minimum Gasteiger partial charge on any atom is -0.480 e. The van der Waals surface area contributed by atoms with E-state index in [-0.39, 0.29) is 0 Å². The predicted octanol–water partition coefficient (Wildman–Crippen LogP) is 2.26. The van der Waals surface area contributed by atoms with Crippen LogP contribution in [0.3, 0.4) is 0 Å². The molecular weight excluding hydrogens is 249 g/mol. The Morgan fingerprint density at radius 2 is 1.95 bits per heavy atom. The first-order valence-corrected chi connectivity index (χ1v) is 6.27. The van der Waals surface area contributed by atoms with Crippen molar-refractivity contribution < 1.29 is 19.1 Å². The molecule has 19 heavy (non-hydrogen) atoms. The van der Waals surface area contributed by atoms with E-state index >= 15 is 0 Å². The Hall–Kier alpha value is -1.91. The molecule has 0 saturated heterocycles. The third-order valence-electron chi connectivity index (χ3n) is 3.65. The van der Waals surface area contributed by atoms with E-state index in [9.17, 15) is 19.1 Å². The number of carbonyl (C=O) groups excluding carboxylic acids is 1. The molecule has 1 aliphatic rings. The average molecular weight is 265 g/mol. The van der Waals surface area contributed by atoms with Crippen molar-refractivity contribution in [1.29, 1.82) is 0 Å². The van der Waals surface area contributed by atoms with Gasteiger partial charge in [0.2, 0.25) is 0 Å². The van der Waals surface area contributed by atoms with E-state index in [1.54, 1.807) is 6.92 Å². The number of aliphatic carboxylic acids is 1. The lowest BCUT2D eigenvalue weighted by molar-refractivity contribution is -0.144. The van der Waals surface area contributed by atoms with Crippen LogP contribution in [0.25, 0.3) is 0 Å². The zero-order valence-electron chi connectivity index (χ0n) is 10.7. The third-order valence-corrected chi connectivity index (χ3v) is 3.65. The maximum atomic E-state index is 13.0. The van der Waals surface area contributed by atoms with Gasteiger partial charge >= 0.3 is 5.97 Å². The molecule has 0 radical (unpaired) electrons. The van der Waals surface area contributed by atoms with Crippen molar-refractivity contribution in [3.63, 3.8) is 0 Å². The van der Waals surface area contributed by atoms with E-state index in [0.29, 0.717) is 24.0 Å². The van der Waals surface area contributed by atoms with Crippen LogP contribution < -0.4 is 5.32 Å². The highest BCUT2D eigenvalue weighted by atomic mass is 19.1. The number of aryl methyl sites for hydroxylation is 1. The van der Waals surface area contributed by atoms with Crippen molar-refractivity contribution >= 4 is 11.9 Å². The molecule has 0 bridgehead atoms. The summed E-state index contributed by atoms with van der Waals surface area (Å²) >= 11 is 0. The molecule has 1 aromatic carbocycles. The maximum absolute atomic E-state index is 13.0. The first-order valence-electron chi connectivity index (χ1n) is 6.27. The van der Waals surface area contributed by atoms with Crippen LogP contribution in [0.4, 0.5) is 4.39 Å². The molecule has 0 heterocycles. The number of benzene rings is 1. The molecule has 0 spiro atoms. The second-order valence-electron chi connectivity index (χ2n) is 5.01. The van der Waals surface area contributed by atoms with Crippen LogP contribution in [0.1, 0.15) is 41.6 Å². The summed E-state index contributed by atoms with van der Waals surface area (Å²) in [6.45, 7) is 1.63. The molecule has 0 unspecified atom stereocenters. The number of carbonyl (C=O) groups is 2. The lowest BCUT2D eigenvalue weighted by Crippen LogP contribution is -2.52. The second kappa shape index (κ2) is 4.99. The minimum atomic E-state index is -1.17. The predicted molar refractivity (Wildman–Crippen MR) is 67.4 cm³/mol. The molecule has 1 aromatic rings. The van der Waals surface area contributed by atoms with E-state index < -0.39 is 23.2 Å². The van der Waals surface area contributed by atoms with Gasteiger partial charge in [-0.3, -0.25) is 4.79 Å². The zero-order valence-corrected chi connectivity index (χ0v) is 10.7. The monoisotopic (exact) mass is 265 g/mol. The first kappa shape index (κ1) is 13.5. The molecule has 1 amide bonds. The van der Waals surface area contributed by atoms with Gasteiger partial charge in [0.1, 0.15) is 11.4 Å². The SMILES string of the molecule is Cc1cc(F)ccc1C(=O)NC1(C(=O)O)CCCC1. The summed E-state index contributed by atoms with van der Waals surface area (Å²) in [5, 5.41) is 11.9. The van der Waals surface area contributed by atoms with Gasteiger partial charge in [0, 0.05) is 5.56 Å². The molecule has 0 atom stereocenters. The van der Waals surface area contributed by atoms with Gasteiger partial charge in [-0.25, -0.2) is 9.18 Å². The quantitative estimate of drug-likeness (QED) is 0.881. The van der Waals surface area contributed by atoms with E-state index in [1.807, 2.05) is 0 Å². The molecule has 2 N–H and O–H groups in total. The Labute approximate surface area is 110 Å². The number of hydrogen-bond acceptors (Lipinski definition) is 2. The molecular formula is C14H16FNO3. The summed E-state index contributed by atoms with van der Waals surface area (Å²) in [5.74, 6) is -1.87. The topological polar surface area (TPSA) is 66.4 Å². The Morgan fingerprint density at radius 3 is 2.47 bits per heavy atom. The Balaban J connectivity index is 2.22. The number of halogens is 1. The third kappa shape index (κ3) is 2.59. The van der Waals surface area contributed by atoms with E-state index in [2.05, 4.69) is 5.32 Å². The van der Waals surface area contributed by atoms with Gasteiger partial charge < -0.3 is 10.4 Å². The fourth-order valence-electron chi connectivity index (χ4n) is 2.54. The Morgan fingerprint density at radius 1 is 1.32 bits per heavy atom. The summed E-state index contributed by atoms with van der Waals surface area (Å²) in [6, 6.07) is 3.84. The number of carboxylic acid groups (broad SMARTS) is 1. The lowest BCUT2D eigenvalue weighted by Gasteiger charge is -2.25. The van der Waals surface area contributed by atoms with Crippen molar-refractivity contribution in [3.8, 4) is 0 Å². The molecule has 0 aromatic heterocycles. The highest BCUT2D eigenvalue weighted by Gasteiger charge is 2.42. The van der Waals surface area contributed by atoms with E-state index in [0.717, 1.165) is 12.8 Å². The zero-order chi connectivity index (χ0) is 14.0. The summed E-state index contributed by atoms with van der Waals surface area (Å²) in [6.07, 6.45) is 2.45. The normalized spacial score (nSPS) is 17.2. The Bertz CT molecular complexity index is 521. The molecule has 1 aliphatic carbocycles. The minimum absolute atomic E-state index is 0.314. The van der Waals surface area contributed by atoms with Crippen LogP contribution >= 0.6 is 0 Å². The van der Waals surface area contributed by atoms with Crippen LogP contribution in [0.5, 0.6) is 0 Å². The number of nitrogens with one attached hydrogen (secondary N) is 1. The smallest absolute Gasteiger partial charge is 0.329 e. The van der Waals surface area contributed by atoms with Crippen molar-refractivity contribution in [2.75, 3.05) is 0 Å². The fraction of sp³-hybridized carbons (Fsp3) is 0.429. The van der Waals surface area contributed by atoms with Crippen molar-refractivity contribution in [2.45, 2.75) is 38.1 Å². The summed E-state index contributed by atoms with van der Waals surface area (Å²) in [4.78, 5) is 23.5. The van der Waals surface area contributed by atoms with Crippen LogP contribution in [0.2, 0.25) is 0 Å². The van der Waals surface area contributed by atoms with E-state index in [1.165, 1.54) is 18.2 Å². The van der Waals surface area contributed by atoms with Crippen LogP contribution in [0.15, 0.2) is 18.2 Å². The molecule has 2 rings (SSSR count). The summed E-state index contributed by atoms with van der Waals surface area (Å²) < 4.78 is 13.0. The molecule has 1 fully saturated rings. The fourth-order valence-corrected chi connectivity index (χ4v) is 2.54. The number of amides is 1. The average Bonchev–Trinajstić information content (AvgIpc) is 2.78. The summed E-state index contributed by atoms with van der Waals surface area (Å²) in [7, 11) is 0. The standard InChI is InChI=1S/C14H16FNO3/c1-9-8-10(15)4-5-11(9)12(17)16-14(13(18)19)6-2-3-7-14/h4-5,8H,2-3,6-7H2,1H3,(H,16,17)(H,18,19). The lowest BCUT2D eigenvalue weighted by atomic mass is 9.96. The number of carboxylic acids is 1. The summed E-state index contributed by atoms with van der Waals surface area (Å²) in [5.41, 5.74) is -0.359. The van der Waals surface area contributed by atoms with E-state index in [4.69, 9.17) is 0 Å². The number of hydrogen-bond donors (Lipinski definition) is 2. The maximum Gasteiger partial charge on any atom is 0.329 e. The van der Waals surface area contributed by atoms with Gasteiger partial charge in [-0.2, -0.15) is 0 Å². The van der Waals surface area contributed by atoms with Gasteiger partial charge in [-0.05, 0) is 43.5 Å². The number of rotatable bonds is 3. The van der Waals surface area contributed by atoms with Crippen molar-refractivity contribution in [2.24, 2.45) is 0 Å². The van der Waals surface area contributed by atoms with Crippen molar-refractivity contribution in [1.82, 2.24) is 5.32 Å². The largest absolute Gasteiger partial charge is 0.480 e. The Kier molecular flexibility index (Phi) is 3.55. The highest BCUT2D eigenvalue weighted by molar-refractivity contribution is 5.99. The molecule has 0 aliphatic heterocycles. The molecule has 4 nitrogen and oxygen atoms in total. The van der Waals surface area contributed by atoms with Gasteiger partial charge in [0.15, 0.2) is 0 Å². The van der Waals surface area contributed by atoms with Crippen LogP contribution in [0, 0.1) is 12.7 Å². The van der Waals surface area contributed by atoms with Crippen molar-refractivity contribution in [3.05, 3.63) is 35.1 Å². The van der Waals surface area contributed by atoms with Crippen LogP contribution in [-0.2, 0) is 4.79 Å². The van der Waals surface area contributed by atoms with Crippen LogP contribution in [-0.4, -0.2) is 22.5 Å². The van der Waals surface area contributed by atoms with Gasteiger partial charge in [-0.1, -0.05) is 12.8 Å². The first-order chi connectivity index (χ1) is 8.94. The molecule has 1 saturated carbocycles. The molecule has 102 valence electrons. The van der Waals surface area contributed by atoms with Gasteiger partial charge in [0.25, 0.3) is 5.91 Å².